The van der Waals surface area contributed by atoms with Gasteiger partial charge < -0.3 is 14.4 Å². The molecule has 0 saturated carbocycles. The van der Waals surface area contributed by atoms with Crippen molar-refractivity contribution in [3.05, 3.63) is 47.3 Å². The van der Waals surface area contributed by atoms with Crippen LogP contribution in [-0.4, -0.2) is 16.9 Å². The molecule has 0 fully saturated rings. The van der Waals surface area contributed by atoms with E-state index in [0.717, 1.165) is 22.4 Å². The average molecular weight is 257 g/mol. The molecule has 1 N–H and O–H groups in total. The lowest BCUT2D eigenvalue weighted by Gasteiger charge is -2.07. The zero-order chi connectivity index (χ0) is 13.5. The van der Waals surface area contributed by atoms with Gasteiger partial charge in [0.25, 0.3) is 0 Å². The summed E-state index contributed by atoms with van der Waals surface area (Å²) >= 11 is 0. The Balaban J connectivity index is 2.12. The molecule has 2 rings (SSSR count). The van der Waals surface area contributed by atoms with E-state index in [9.17, 15) is 0 Å². The lowest BCUT2D eigenvalue weighted by molar-refractivity contribution is 0.303. The molecule has 0 aliphatic carbocycles. The first kappa shape index (κ1) is 13.2. The van der Waals surface area contributed by atoms with Crippen LogP contribution in [0.5, 0.6) is 5.75 Å². The van der Waals surface area contributed by atoms with Crippen LogP contribution in [0, 0.1) is 18.8 Å². The Hall–Kier alpha value is -2.25. The van der Waals surface area contributed by atoms with Crippen LogP contribution < -0.4 is 4.74 Å². The Morgan fingerprint density at radius 3 is 3.05 bits per heavy atom. The Labute approximate surface area is 112 Å². The molecular weight excluding hydrogens is 242 g/mol. The molecule has 4 nitrogen and oxygen atoms in total. The highest BCUT2D eigenvalue weighted by Gasteiger charge is 2.03. The molecule has 0 saturated heterocycles. The smallest absolute Gasteiger partial charge is 0.135 e. The molecule has 1 heterocycles. The molecule has 19 heavy (non-hydrogen) atoms. The second-order valence-corrected chi connectivity index (χ2v) is 4.10. The van der Waals surface area contributed by atoms with Crippen LogP contribution in [0.3, 0.4) is 0 Å². The minimum absolute atomic E-state index is 0.0652. The fourth-order valence-corrected chi connectivity index (χ4v) is 1.54. The van der Waals surface area contributed by atoms with Crippen molar-refractivity contribution in [3.8, 4) is 17.6 Å². The summed E-state index contributed by atoms with van der Waals surface area (Å²) in [6.07, 6.45) is 3.62. The quantitative estimate of drug-likeness (QED) is 0.854. The van der Waals surface area contributed by atoms with Crippen LogP contribution in [0.25, 0.3) is 0 Å². The molecule has 0 atom stereocenters. The number of aromatic nitrogens is 1. The van der Waals surface area contributed by atoms with E-state index in [0.29, 0.717) is 13.0 Å². The number of hydrogen-bond acceptors (Lipinski definition) is 4. The SMILES string of the molecule is Cc1ccc(OCc2cnoc2)c(C#CCCO)c1. The molecular formula is C15H15NO3. The fourth-order valence-electron chi connectivity index (χ4n) is 1.54. The second kappa shape index (κ2) is 6.62. The number of aliphatic hydroxyl groups excluding tert-OH is 1. The first-order valence-corrected chi connectivity index (χ1v) is 6.01. The zero-order valence-electron chi connectivity index (χ0n) is 10.7. The summed E-state index contributed by atoms with van der Waals surface area (Å²) in [5.41, 5.74) is 2.81. The number of ether oxygens (including phenoxy) is 1. The third kappa shape index (κ3) is 3.87. The first-order chi connectivity index (χ1) is 9.29. The van der Waals surface area contributed by atoms with E-state index in [1.807, 2.05) is 25.1 Å². The number of rotatable bonds is 4. The van der Waals surface area contributed by atoms with Crippen LogP contribution in [0.4, 0.5) is 0 Å². The molecule has 0 amide bonds. The highest BCUT2D eigenvalue weighted by Crippen LogP contribution is 2.20. The van der Waals surface area contributed by atoms with Gasteiger partial charge in [-0.1, -0.05) is 23.1 Å². The summed E-state index contributed by atoms with van der Waals surface area (Å²) in [6, 6.07) is 5.83. The normalized spacial score (nSPS) is 9.79. The van der Waals surface area contributed by atoms with Gasteiger partial charge in [-0.15, -0.1) is 0 Å². The van der Waals surface area contributed by atoms with Gasteiger partial charge in [0.2, 0.25) is 0 Å². The van der Waals surface area contributed by atoms with Crippen LogP contribution in [0.2, 0.25) is 0 Å². The van der Waals surface area contributed by atoms with E-state index < -0.39 is 0 Å². The van der Waals surface area contributed by atoms with Crippen molar-refractivity contribution in [1.82, 2.24) is 5.16 Å². The molecule has 98 valence electrons. The average Bonchev–Trinajstić information content (AvgIpc) is 2.91. The number of aliphatic hydroxyl groups is 1. The largest absolute Gasteiger partial charge is 0.487 e. The van der Waals surface area contributed by atoms with Gasteiger partial charge in [-0.2, -0.15) is 0 Å². The molecule has 0 unspecified atom stereocenters. The second-order valence-electron chi connectivity index (χ2n) is 4.10. The summed E-state index contributed by atoms with van der Waals surface area (Å²) in [6.45, 7) is 2.46. The predicted molar refractivity (Wildman–Crippen MR) is 70.6 cm³/mol. The number of hydrogen-bond donors (Lipinski definition) is 1. The standard InChI is InChI=1S/C15H15NO3/c1-12-5-6-15(14(8-12)4-2-3-7-17)18-10-13-9-16-19-11-13/h5-6,8-9,11,17H,3,7,10H2,1H3. The third-order valence-corrected chi connectivity index (χ3v) is 2.47. The molecule has 0 radical (unpaired) electrons. The Bertz CT molecular complexity index is 579. The summed E-state index contributed by atoms with van der Waals surface area (Å²) in [5, 5.41) is 12.4. The minimum Gasteiger partial charge on any atom is -0.487 e. The third-order valence-electron chi connectivity index (χ3n) is 2.47. The fraction of sp³-hybridized carbons (Fsp3) is 0.267. The molecule has 1 aromatic carbocycles. The molecule has 0 aliphatic rings. The Morgan fingerprint density at radius 1 is 1.42 bits per heavy atom. The summed E-state index contributed by atoms with van der Waals surface area (Å²) in [7, 11) is 0. The molecule has 0 spiro atoms. The van der Waals surface area contributed by atoms with Crippen molar-refractivity contribution in [2.45, 2.75) is 20.0 Å². The summed E-state index contributed by atoms with van der Waals surface area (Å²) in [4.78, 5) is 0. The van der Waals surface area contributed by atoms with Gasteiger partial charge in [-0.05, 0) is 24.6 Å². The monoisotopic (exact) mass is 257 g/mol. The lowest BCUT2D eigenvalue weighted by Crippen LogP contribution is -1.96. The van der Waals surface area contributed by atoms with E-state index in [2.05, 4.69) is 17.0 Å². The van der Waals surface area contributed by atoms with Gasteiger partial charge in [0.1, 0.15) is 18.6 Å². The maximum atomic E-state index is 8.75. The van der Waals surface area contributed by atoms with Gasteiger partial charge >= 0.3 is 0 Å². The zero-order valence-corrected chi connectivity index (χ0v) is 10.7. The van der Waals surface area contributed by atoms with E-state index in [1.165, 1.54) is 0 Å². The van der Waals surface area contributed by atoms with E-state index >= 15 is 0 Å². The lowest BCUT2D eigenvalue weighted by atomic mass is 10.1. The van der Waals surface area contributed by atoms with Crippen molar-refractivity contribution >= 4 is 0 Å². The number of benzene rings is 1. The number of aryl methyl sites for hydroxylation is 1. The van der Waals surface area contributed by atoms with Crippen molar-refractivity contribution in [2.75, 3.05) is 6.61 Å². The first-order valence-electron chi connectivity index (χ1n) is 6.01. The van der Waals surface area contributed by atoms with Gasteiger partial charge in [-0.3, -0.25) is 0 Å². The molecule has 0 aliphatic heterocycles. The molecule has 1 aromatic heterocycles. The van der Waals surface area contributed by atoms with Crippen molar-refractivity contribution < 1.29 is 14.4 Å². The van der Waals surface area contributed by atoms with Crippen LogP contribution >= 0.6 is 0 Å². The van der Waals surface area contributed by atoms with Gasteiger partial charge in [0.05, 0.1) is 18.4 Å². The van der Waals surface area contributed by atoms with Crippen molar-refractivity contribution in [3.63, 3.8) is 0 Å². The topological polar surface area (TPSA) is 55.5 Å². The van der Waals surface area contributed by atoms with Gasteiger partial charge in [0, 0.05) is 12.0 Å². The predicted octanol–water partition coefficient (Wildman–Crippen LogP) is 2.30. The Morgan fingerprint density at radius 2 is 2.32 bits per heavy atom. The molecule has 2 aromatic rings. The van der Waals surface area contributed by atoms with Crippen LogP contribution in [0.15, 0.2) is 35.2 Å². The van der Waals surface area contributed by atoms with E-state index in [4.69, 9.17) is 14.4 Å². The Kier molecular flexibility index (Phi) is 4.60. The maximum absolute atomic E-state index is 8.75. The van der Waals surface area contributed by atoms with Crippen LogP contribution in [-0.2, 0) is 6.61 Å². The maximum Gasteiger partial charge on any atom is 0.135 e. The summed E-state index contributed by atoms with van der Waals surface area (Å²) in [5.74, 6) is 6.63. The van der Waals surface area contributed by atoms with Crippen molar-refractivity contribution in [1.29, 1.82) is 0 Å². The summed E-state index contributed by atoms with van der Waals surface area (Å²) < 4.78 is 10.4. The van der Waals surface area contributed by atoms with E-state index in [1.54, 1.807) is 12.5 Å². The molecule has 0 bridgehead atoms. The van der Waals surface area contributed by atoms with E-state index in [-0.39, 0.29) is 6.61 Å². The van der Waals surface area contributed by atoms with Gasteiger partial charge in [-0.25, -0.2) is 0 Å². The highest BCUT2D eigenvalue weighted by molar-refractivity contribution is 5.48. The van der Waals surface area contributed by atoms with Crippen molar-refractivity contribution in [2.24, 2.45) is 0 Å². The molecule has 4 heteroatoms. The minimum atomic E-state index is 0.0652. The van der Waals surface area contributed by atoms with Gasteiger partial charge in [0.15, 0.2) is 0 Å². The van der Waals surface area contributed by atoms with Crippen LogP contribution in [0.1, 0.15) is 23.1 Å². The number of nitrogens with zero attached hydrogens (tertiary/aromatic N) is 1. The highest BCUT2D eigenvalue weighted by atomic mass is 16.5.